The van der Waals surface area contributed by atoms with Gasteiger partial charge in [0, 0.05) is 34.7 Å². The minimum Gasteiger partial charge on any atom is -0.508 e. The average molecular weight is 528 g/mol. The lowest BCUT2D eigenvalue weighted by Gasteiger charge is -2.43. The number of phenolic OH excluding ortho intramolecular Hbond substituents is 1. The number of H-pyrrole nitrogens is 1. The molecule has 9 nitrogen and oxygen atoms in total. The van der Waals surface area contributed by atoms with Crippen LogP contribution in [0.25, 0.3) is 0 Å². The number of likely N-dealkylation sites (tertiary alicyclic amines) is 1. The third-order valence-electron chi connectivity index (χ3n) is 8.74. The van der Waals surface area contributed by atoms with E-state index in [2.05, 4.69) is 4.98 Å². The molecule has 4 heterocycles. The van der Waals surface area contributed by atoms with Gasteiger partial charge in [-0.15, -0.1) is 11.8 Å². The van der Waals surface area contributed by atoms with Gasteiger partial charge < -0.3 is 19.7 Å². The Morgan fingerprint density at radius 3 is 2.56 bits per heavy atom. The molecule has 7 atom stereocenters. The lowest BCUT2D eigenvalue weighted by Crippen LogP contribution is -2.47. The second-order valence-corrected chi connectivity index (χ2v) is 12.5. The fourth-order valence-electron chi connectivity index (χ4n) is 7.38. The molecule has 2 saturated heterocycles. The summed E-state index contributed by atoms with van der Waals surface area (Å²) in [4.78, 5) is 58.9. The number of hydrogen-bond donors (Lipinski definition) is 2. The van der Waals surface area contributed by atoms with E-state index in [1.807, 2.05) is 12.1 Å². The molecule has 36 heavy (non-hydrogen) atoms. The molecule has 2 saturated carbocycles. The number of fused-ring (bicyclic) bond motifs is 9. The number of para-hydroxylation sites is 1. The van der Waals surface area contributed by atoms with Gasteiger partial charge in [-0.3, -0.25) is 24.1 Å². The van der Waals surface area contributed by atoms with Crippen molar-refractivity contribution in [1.29, 1.82) is 0 Å². The highest BCUT2D eigenvalue weighted by molar-refractivity contribution is 8.00. The lowest BCUT2D eigenvalue weighted by molar-refractivity contribution is -0.148. The SMILES string of the molecule is O=C(CN1C(=O)C2C3CC(C2C1=O)C1C(c2ccccc2O)c2sc(=O)[nH]c2SC31)N1CCOCC1. The van der Waals surface area contributed by atoms with Gasteiger partial charge in [-0.05, 0) is 30.2 Å². The van der Waals surface area contributed by atoms with Gasteiger partial charge in [-0.25, -0.2) is 0 Å². The fraction of sp³-hybridized carbons (Fsp3) is 0.520. The molecule has 0 spiro atoms. The summed E-state index contributed by atoms with van der Waals surface area (Å²) in [7, 11) is 0. The van der Waals surface area contributed by atoms with E-state index in [1.165, 1.54) is 4.90 Å². The Morgan fingerprint density at radius 1 is 1.08 bits per heavy atom. The molecule has 7 rings (SSSR count). The molecule has 7 unspecified atom stereocenters. The van der Waals surface area contributed by atoms with Crippen LogP contribution in [0.4, 0.5) is 0 Å². The summed E-state index contributed by atoms with van der Waals surface area (Å²) in [5.74, 6) is -1.67. The molecule has 188 valence electrons. The summed E-state index contributed by atoms with van der Waals surface area (Å²) >= 11 is 2.77. The number of rotatable bonds is 3. The topological polar surface area (TPSA) is 120 Å². The third kappa shape index (κ3) is 3.12. The number of nitrogens with one attached hydrogen (secondary N) is 1. The van der Waals surface area contributed by atoms with Gasteiger partial charge in [0.25, 0.3) is 0 Å². The number of amides is 3. The molecule has 2 N–H and O–H groups in total. The summed E-state index contributed by atoms with van der Waals surface area (Å²) < 4.78 is 5.31. The van der Waals surface area contributed by atoms with Crippen LogP contribution in [0.5, 0.6) is 5.75 Å². The van der Waals surface area contributed by atoms with Crippen molar-refractivity contribution < 1.29 is 24.2 Å². The van der Waals surface area contributed by atoms with E-state index in [0.29, 0.717) is 26.3 Å². The van der Waals surface area contributed by atoms with Crippen molar-refractivity contribution in [3.63, 3.8) is 0 Å². The highest BCUT2D eigenvalue weighted by atomic mass is 32.2. The number of imide groups is 1. The van der Waals surface area contributed by atoms with Crippen LogP contribution >= 0.6 is 23.1 Å². The lowest BCUT2D eigenvalue weighted by atomic mass is 9.68. The summed E-state index contributed by atoms with van der Waals surface area (Å²) in [6.45, 7) is 1.65. The Bertz CT molecular complexity index is 1330. The molecule has 3 aliphatic heterocycles. The van der Waals surface area contributed by atoms with Crippen LogP contribution in [0.3, 0.4) is 0 Å². The second kappa shape index (κ2) is 8.19. The van der Waals surface area contributed by atoms with Crippen molar-refractivity contribution in [1.82, 2.24) is 14.8 Å². The summed E-state index contributed by atoms with van der Waals surface area (Å²) in [5.41, 5.74) is 0.754. The van der Waals surface area contributed by atoms with Gasteiger partial charge in [0.15, 0.2) is 0 Å². The Labute approximate surface area is 214 Å². The third-order valence-corrected chi connectivity index (χ3v) is 11.3. The predicted octanol–water partition coefficient (Wildman–Crippen LogP) is 1.47. The highest BCUT2D eigenvalue weighted by Gasteiger charge is 2.69. The number of aromatic amines is 1. The van der Waals surface area contributed by atoms with Crippen molar-refractivity contribution in [3.8, 4) is 5.75 Å². The number of hydrogen-bond acceptors (Lipinski definition) is 8. The number of phenols is 1. The van der Waals surface area contributed by atoms with E-state index < -0.39 is 11.8 Å². The molecule has 1 aromatic heterocycles. The highest BCUT2D eigenvalue weighted by Crippen LogP contribution is 2.68. The molecule has 4 fully saturated rings. The standard InChI is InChI=1S/C25H25N3O6S2/c29-14-4-2-1-3-11(14)16-17-12-9-13(20(17)35-22-21(16)36-25(33)26-22)19-18(12)23(31)28(24(19)32)10-15(30)27-5-7-34-8-6-27/h1-4,12-13,16-20,29H,5-10H2,(H,26,33). The first-order valence-corrected chi connectivity index (χ1v) is 14.0. The molecule has 2 aromatic rings. The first-order chi connectivity index (χ1) is 17.4. The minimum atomic E-state index is -0.451. The van der Waals surface area contributed by atoms with E-state index in [0.717, 1.165) is 33.2 Å². The molecule has 0 radical (unpaired) electrons. The maximum Gasteiger partial charge on any atom is 0.305 e. The van der Waals surface area contributed by atoms with Crippen molar-refractivity contribution in [2.75, 3.05) is 32.8 Å². The normalized spacial score (nSPS) is 34.6. The minimum absolute atomic E-state index is 0.0140. The van der Waals surface area contributed by atoms with Crippen LogP contribution in [0, 0.1) is 29.6 Å². The number of carbonyl (C=O) groups excluding carboxylic acids is 3. The van der Waals surface area contributed by atoms with Gasteiger partial charge in [0.05, 0.1) is 30.1 Å². The molecule has 1 aromatic carbocycles. The van der Waals surface area contributed by atoms with E-state index in [1.54, 1.807) is 28.8 Å². The number of nitrogens with zero attached hydrogens (tertiary/aromatic N) is 2. The van der Waals surface area contributed by atoms with E-state index in [-0.39, 0.29) is 63.8 Å². The van der Waals surface area contributed by atoms with Crippen molar-refractivity contribution in [3.05, 3.63) is 44.4 Å². The quantitative estimate of drug-likeness (QED) is 0.580. The molecule has 2 bridgehead atoms. The number of morpholine rings is 1. The molecule has 3 amide bonds. The van der Waals surface area contributed by atoms with Gasteiger partial charge in [0.1, 0.15) is 12.3 Å². The van der Waals surface area contributed by atoms with Crippen LogP contribution in [0.15, 0.2) is 34.1 Å². The molecule has 11 heteroatoms. The summed E-state index contributed by atoms with van der Waals surface area (Å²) in [6.07, 6.45) is 0.768. The number of aromatic nitrogens is 1. The van der Waals surface area contributed by atoms with Gasteiger partial charge >= 0.3 is 4.87 Å². The van der Waals surface area contributed by atoms with Crippen LogP contribution in [0.2, 0.25) is 0 Å². The van der Waals surface area contributed by atoms with Crippen molar-refractivity contribution in [2.24, 2.45) is 29.6 Å². The number of thiazole rings is 1. The predicted molar refractivity (Wildman–Crippen MR) is 131 cm³/mol. The smallest absolute Gasteiger partial charge is 0.305 e. The molecular weight excluding hydrogens is 502 g/mol. The van der Waals surface area contributed by atoms with Crippen molar-refractivity contribution in [2.45, 2.75) is 22.6 Å². The Morgan fingerprint density at radius 2 is 1.81 bits per heavy atom. The zero-order chi connectivity index (χ0) is 24.7. The van der Waals surface area contributed by atoms with E-state index >= 15 is 0 Å². The molecule has 2 aliphatic carbocycles. The maximum absolute atomic E-state index is 13.6. The monoisotopic (exact) mass is 527 g/mol. The largest absolute Gasteiger partial charge is 0.508 e. The Kier molecular flexibility index (Phi) is 5.13. The zero-order valence-electron chi connectivity index (χ0n) is 19.3. The number of thioether (sulfide) groups is 1. The maximum atomic E-state index is 13.6. The van der Waals surface area contributed by atoms with Gasteiger partial charge in [0.2, 0.25) is 17.7 Å². The Balaban J connectivity index is 1.23. The second-order valence-electron chi connectivity index (χ2n) is 10.3. The zero-order valence-corrected chi connectivity index (χ0v) is 20.9. The number of carbonyl (C=O) groups is 3. The van der Waals surface area contributed by atoms with Crippen LogP contribution < -0.4 is 4.87 Å². The summed E-state index contributed by atoms with van der Waals surface area (Å²) in [5, 5.41) is 11.6. The van der Waals surface area contributed by atoms with Crippen LogP contribution in [0.1, 0.15) is 22.8 Å². The molecule has 5 aliphatic rings. The molecular formula is C25H25N3O6S2. The van der Waals surface area contributed by atoms with Crippen molar-refractivity contribution >= 4 is 40.8 Å². The fourth-order valence-corrected chi connectivity index (χ4v) is 10.3. The van der Waals surface area contributed by atoms with Crippen LogP contribution in [-0.2, 0) is 19.1 Å². The number of aromatic hydroxyl groups is 1. The first-order valence-electron chi connectivity index (χ1n) is 12.3. The van der Waals surface area contributed by atoms with Gasteiger partial charge in [-0.1, -0.05) is 29.5 Å². The summed E-state index contributed by atoms with van der Waals surface area (Å²) in [6, 6.07) is 7.19. The Hall–Kier alpha value is -2.63. The number of benzene rings is 1. The number of ether oxygens (including phenoxy) is 1. The van der Waals surface area contributed by atoms with Crippen LogP contribution in [-0.4, -0.2) is 75.7 Å². The first kappa shape index (κ1) is 22.6. The van der Waals surface area contributed by atoms with E-state index in [4.69, 9.17) is 4.74 Å². The average Bonchev–Trinajstić information content (AvgIpc) is 3.61. The van der Waals surface area contributed by atoms with Gasteiger partial charge in [-0.2, -0.15) is 0 Å². The van der Waals surface area contributed by atoms with E-state index in [9.17, 15) is 24.3 Å².